The number of carbonyl (C=O) groups is 1. The molecule has 0 heterocycles. The molecule has 0 fully saturated rings. The van der Waals surface area contributed by atoms with Gasteiger partial charge in [0.15, 0.2) is 0 Å². The lowest BCUT2D eigenvalue weighted by atomic mass is 10.1. The van der Waals surface area contributed by atoms with Crippen LogP contribution in [0.25, 0.3) is 33.4 Å². The van der Waals surface area contributed by atoms with Crippen LogP contribution in [0.5, 0.6) is 0 Å². The first kappa shape index (κ1) is 34.3. The van der Waals surface area contributed by atoms with Crippen molar-refractivity contribution in [2.75, 3.05) is 34.4 Å². The van der Waals surface area contributed by atoms with E-state index in [1.165, 1.54) is 0 Å². The van der Waals surface area contributed by atoms with E-state index in [0.717, 1.165) is 67.5 Å². The summed E-state index contributed by atoms with van der Waals surface area (Å²) in [5, 5.41) is 0. The van der Waals surface area contributed by atoms with E-state index in [4.69, 9.17) is 43.4 Å². The number of anilines is 6. The molecule has 0 aliphatic rings. The van der Waals surface area contributed by atoms with E-state index in [1.54, 1.807) is 0 Å². The molecule has 6 aromatic rings. The molecule has 8 nitrogen and oxygen atoms in total. The minimum atomic E-state index is -0.0741. The van der Waals surface area contributed by atoms with Gasteiger partial charge in [-0.25, -0.2) is 4.79 Å². The van der Waals surface area contributed by atoms with Gasteiger partial charge in [0.25, 0.3) is 0 Å². The zero-order valence-corrected chi connectivity index (χ0v) is 25.9. The van der Waals surface area contributed by atoms with Crippen LogP contribution in [0.15, 0.2) is 146 Å². The Bertz CT molecular complexity index is 1430. The van der Waals surface area contributed by atoms with Crippen molar-refractivity contribution in [3.05, 3.63) is 146 Å². The van der Waals surface area contributed by atoms with Gasteiger partial charge in [0.2, 0.25) is 0 Å². The summed E-state index contributed by atoms with van der Waals surface area (Å²) >= 11 is -0.0741. The first-order valence-corrected chi connectivity index (χ1v) is 14.9. The molecule has 0 unspecified atom stereocenters. The summed E-state index contributed by atoms with van der Waals surface area (Å²) in [5.41, 5.74) is 45.5. The number of nitrogen functional groups attached to an aromatic ring is 6. The molecule has 0 aliphatic heterocycles. The largest absolute Gasteiger partial charge is 0.542 e. The fourth-order valence-electron chi connectivity index (χ4n) is 4.05. The van der Waals surface area contributed by atoms with E-state index in [0.29, 0.717) is 0 Å². The number of benzene rings is 6. The maximum Gasteiger partial charge on any atom is 0.542 e. The predicted molar refractivity (Wildman–Crippen MR) is 197 cm³/mol. The molecule has 0 amide bonds. The third-order valence-electron chi connectivity index (χ3n) is 6.50. The summed E-state index contributed by atoms with van der Waals surface area (Å²) < 4.78 is 8.85. The molecule has 6 rings (SSSR count). The first-order valence-electron chi connectivity index (χ1n) is 14.0. The van der Waals surface area contributed by atoms with Gasteiger partial charge in [-0.05, 0) is 106 Å². The Balaban J connectivity index is 0.000000177. The fourth-order valence-corrected chi connectivity index (χ4v) is 4.05. The second-order valence-corrected chi connectivity index (χ2v) is 10.3. The average Bonchev–Trinajstić information content (AvgIpc) is 3.08. The third kappa shape index (κ3) is 11.5. The highest BCUT2D eigenvalue weighted by Gasteiger charge is 1.98. The van der Waals surface area contributed by atoms with Crippen LogP contribution >= 0.6 is 0 Å². The lowest BCUT2D eigenvalue weighted by Gasteiger charge is -2.02. The van der Waals surface area contributed by atoms with Crippen molar-refractivity contribution < 1.29 is 9.00 Å². The molecule has 0 spiro atoms. The molecule has 0 radical (unpaired) electrons. The molecule has 0 aliphatic carbocycles. The van der Waals surface area contributed by atoms with Crippen LogP contribution in [-0.2, 0) is 20.7 Å². The Morgan fingerprint density at radius 2 is 0.413 bits per heavy atom. The number of carbonyl (C=O) groups excluding carboxylic acids is 1. The Kier molecular flexibility index (Phi) is 13.3. The Hall–Kier alpha value is -6.19. The Morgan fingerprint density at radius 3 is 0.500 bits per heavy atom. The van der Waals surface area contributed by atoms with Crippen molar-refractivity contribution in [1.29, 1.82) is 0 Å². The van der Waals surface area contributed by atoms with Gasteiger partial charge < -0.3 is 34.4 Å². The molecule has 232 valence electrons. The second kappa shape index (κ2) is 17.8. The molecule has 46 heavy (non-hydrogen) atoms. The standard InChI is InChI=1S/3C12H12N2.CHO2S/c3*13-11-5-1-9(2-6-11)10-3-7-12(14)8-4-10;2-1-4-3/h3*1-8H,13-14H2;1H/q;;;+1. The van der Waals surface area contributed by atoms with Crippen molar-refractivity contribution in [2.24, 2.45) is 0 Å². The average molecular weight is 630 g/mol. The van der Waals surface area contributed by atoms with Crippen LogP contribution < -0.4 is 34.4 Å². The molecule has 0 aromatic heterocycles. The number of hydrogen-bond donors (Lipinski definition) is 6. The van der Waals surface area contributed by atoms with Gasteiger partial charge in [0, 0.05) is 38.3 Å². The van der Waals surface area contributed by atoms with Crippen LogP contribution in [0.2, 0.25) is 0 Å². The van der Waals surface area contributed by atoms with E-state index in [-0.39, 0.29) is 17.3 Å². The third-order valence-corrected chi connectivity index (χ3v) is 6.58. The van der Waals surface area contributed by atoms with Crippen LogP contribution in [0, 0.1) is 0 Å². The minimum absolute atomic E-state index is 0.0741. The highest BCUT2D eigenvalue weighted by atomic mass is 32.1. The van der Waals surface area contributed by atoms with E-state index < -0.39 is 0 Å². The van der Waals surface area contributed by atoms with Gasteiger partial charge in [0.1, 0.15) is 0 Å². The normalized spacial score (nSPS) is 9.57. The quantitative estimate of drug-likeness (QED) is 0.0672. The van der Waals surface area contributed by atoms with Crippen LogP contribution in [-0.4, -0.2) is 5.62 Å². The predicted octanol–water partition coefficient (Wildman–Crippen LogP) is 7.16. The minimum Gasteiger partial charge on any atom is -0.399 e. The van der Waals surface area contributed by atoms with Gasteiger partial charge >= 0.3 is 17.3 Å². The highest BCUT2D eigenvalue weighted by Crippen LogP contribution is 2.23. The fraction of sp³-hybridized carbons (Fsp3) is 0. The topological polar surface area (TPSA) is 190 Å². The molecular weight excluding hydrogens is 593 g/mol. The molecule has 6 aromatic carbocycles. The lowest BCUT2D eigenvalue weighted by Crippen LogP contribution is -1.85. The van der Waals surface area contributed by atoms with Crippen molar-refractivity contribution in [1.82, 2.24) is 0 Å². The summed E-state index contributed by atoms with van der Waals surface area (Å²) in [6.07, 6.45) is 0. The second-order valence-electron chi connectivity index (χ2n) is 9.92. The number of nitrogens with two attached hydrogens (primary N) is 6. The molecule has 12 N–H and O–H groups in total. The van der Waals surface area contributed by atoms with E-state index in [2.05, 4.69) is 0 Å². The Morgan fingerprint density at radius 1 is 0.304 bits per heavy atom. The van der Waals surface area contributed by atoms with E-state index in [9.17, 15) is 0 Å². The van der Waals surface area contributed by atoms with Crippen LogP contribution in [0.1, 0.15) is 0 Å². The van der Waals surface area contributed by atoms with Crippen LogP contribution in [0.3, 0.4) is 0 Å². The summed E-state index contributed by atoms with van der Waals surface area (Å²) in [6, 6.07) is 46.7. The van der Waals surface area contributed by atoms with E-state index >= 15 is 0 Å². The van der Waals surface area contributed by atoms with Crippen molar-refractivity contribution in [2.45, 2.75) is 0 Å². The lowest BCUT2D eigenvalue weighted by molar-refractivity contribution is 0.563. The van der Waals surface area contributed by atoms with Gasteiger partial charge in [-0.2, -0.15) is 0 Å². The van der Waals surface area contributed by atoms with Crippen molar-refractivity contribution in [3.8, 4) is 33.4 Å². The van der Waals surface area contributed by atoms with Gasteiger partial charge in [-0.3, -0.25) is 0 Å². The monoisotopic (exact) mass is 629 g/mol. The number of rotatable bonds is 4. The van der Waals surface area contributed by atoms with Gasteiger partial charge in [0.05, 0.1) is 0 Å². The maximum absolute atomic E-state index is 8.85. The summed E-state index contributed by atoms with van der Waals surface area (Å²) in [6.45, 7) is 0. The molecule has 9 heteroatoms. The summed E-state index contributed by atoms with van der Waals surface area (Å²) in [4.78, 5) is 8.82. The smallest absolute Gasteiger partial charge is 0.399 e. The SMILES string of the molecule is Nc1ccc(-c2ccc(N)cc2)cc1.Nc1ccc(-c2ccc(N)cc2)cc1.Nc1ccc(-c2ccc(N)cc2)cc1.O=C[S+]=O. The summed E-state index contributed by atoms with van der Waals surface area (Å²) in [7, 11) is 0. The zero-order valence-electron chi connectivity index (χ0n) is 25.1. The maximum atomic E-state index is 8.85. The van der Waals surface area contributed by atoms with Crippen molar-refractivity contribution >= 4 is 51.4 Å². The summed E-state index contributed by atoms with van der Waals surface area (Å²) in [5.74, 6) is 0. The van der Waals surface area contributed by atoms with Gasteiger partial charge in [-0.15, -0.1) is 0 Å². The molecule has 0 bridgehead atoms. The number of hydrogen-bond acceptors (Lipinski definition) is 8. The van der Waals surface area contributed by atoms with E-state index in [1.807, 2.05) is 146 Å². The molecule has 0 saturated carbocycles. The van der Waals surface area contributed by atoms with Gasteiger partial charge in [-0.1, -0.05) is 72.8 Å². The highest BCUT2D eigenvalue weighted by molar-refractivity contribution is 7.80. The van der Waals surface area contributed by atoms with Crippen molar-refractivity contribution in [3.63, 3.8) is 0 Å². The zero-order chi connectivity index (χ0) is 33.3. The van der Waals surface area contributed by atoms with Crippen LogP contribution in [0.4, 0.5) is 34.1 Å². The molecule has 0 saturated heterocycles. The molecule has 0 atom stereocenters. The first-order chi connectivity index (χ1) is 22.2. The Labute approximate surface area is 273 Å². The molecular formula is C37H37N6O2S+.